The lowest BCUT2D eigenvalue weighted by atomic mass is 10.2. The Kier molecular flexibility index (Phi) is 6.81. The van der Waals surface area contributed by atoms with Crippen LogP contribution in [0.1, 0.15) is 19.2 Å². The fourth-order valence-corrected chi connectivity index (χ4v) is 4.33. The van der Waals surface area contributed by atoms with Crippen molar-refractivity contribution in [1.82, 2.24) is 24.6 Å². The van der Waals surface area contributed by atoms with Crippen LogP contribution in [0.15, 0.2) is 60.8 Å². The number of carbonyl (C=O) groups is 1. The quantitative estimate of drug-likeness (QED) is 0.387. The number of hydrogen-bond acceptors (Lipinski definition) is 6. The third-order valence-electron chi connectivity index (χ3n) is 6.04. The largest absolute Gasteiger partial charge is 0.484 e. The van der Waals surface area contributed by atoms with Crippen LogP contribution < -0.4 is 9.64 Å². The summed E-state index contributed by atoms with van der Waals surface area (Å²) in [6.45, 7) is 4.69. The third kappa shape index (κ3) is 5.07. The number of ether oxygens (including phenoxy) is 1. The number of carbonyl (C=O) groups excluding carboxylic acids is 1. The van der Waals surface area contributed by atoms with Gasteiger partial charge in [-0.3, -0.25) is 4.79 Å². The molecule has 0 unspecified atom stereocenters. The Morgan fingerprint density at radius 3 is 2.46 bits per heavy atom. The molecule has 1 amide bonds. The zero-order valence-electron chi connectivity index (χ0n) is 19.6. The first kappa shape index (κ1) is 23.1. The number of fused-ring (bicyclic) bond motifs is 1. The first-order chi connectivity index (χ1) is 17.1. The molecule has 1 aliphatic heterocycles. The molecule has 4 aromatic rings. The monoisotopic (exact) mass is 490 g/mol. The Balaban J connectivity index is 1.31. The van der Waals surface area contributed by atoms with Gasteiger partial charge in [0.25, 0.3) is 5.91 Å². The van der Waals surface area contributed by atoms with Crippen molar-refractivity contribution >= 4 is 34.4 Å². The number of nitrogens with zero attached hydrogens (tertiary/aromatic N) is 6. The summed E-state index contributed by atoms with van der Waals surface area (Å²) in [5.41, 5.74) is 1.77. The van der Waals surface area contributed by atoms with Gasteiger partial charge in [-0.25, -0.2) is 14.6 Å². The zero-order chi connectivity index (χ0) is 24.2. The second kappa shape index (κ2) is 10.3. The SMILES string of the molecule is CCCc1nc(N2CCN(C(=O)COc3ccc(Cl)cc3)CC2)c2cnn(-c3ccccc3)c2n1. The third-order valence-corrected chi connectivity index (χ3v) is 6.29. The molecule has 0 atom stereocenters. The molecule has 0 saturated carbocycles. The maximum absolute atomic E-state index is 12.7. The molecule has 0 radical (unpaired) electrons. The van der Waals surface area contributed by atoms with Crippen LogP contribution in [0.25, 0.3) is 16.7 Å². The standard InChI is InChI=1S/C26H27ClN6O2/c1-2-6-23-29-25(22-17-28-33(26(22)30-23)20-7-4-3-5-8-20)32-15-13-31(14-16-32)24(34)18-35-21-11-9-19(27)10-12-21/h3-5,7-12,17H,2,6,13-16,18H2,1H3. The van der Waals surface area contributed by atoms with Crippen molar-refractivity contribution in [3.63, 3.8) is 0 Å². The molecule has 0 aliphatic carbocycles. The first-order valence-electron chi connectivity index (χ1n) is 11.8. The van der Waals surface area contributed by atoms with Gasteiger partial charge < -0.3 is 14.5 Å². The summed E-state index contributed by atoms with van der Waals surface area (Å²) in [6.07, 6.45) is 3.59. The Labute approximate surface area is 209 Å². The second-order valence-corrected chi connectivity index (χ2v) is 8.89. The molecule has 2 aromatic carbocycles. The highest BCUT2D eigenvalue weighted by Gasteiger charge is 2.25. The highest BCUT2D eigenvalue weighted by Crippen LogP contribution is 2.27. The van der Waals surface area contributed by atoms with E-state index in [1.54, 1.807) is 24.3 Å². The van der Waals surface area contributed by atoms with Gasteiger partial charge >= 0.3 is 0 Å². The number of aryl methyl sites for hydroxylation is 1. The minimum Gasteiger partial charge on any atom is -0.484 e. The Morgan fingerprint density at radius 2 is 1.74 bits per heavy atom. The molecular weight excluding hydrogens is 464 g/mol. The van der Waals surface area contributed by atoms with Gasteiger partial charge in [-0.1, -0.05) is 36.7 Å². The molecule has 1 fully saturated rings. The van der Waals surface area contributed by atoms with E-state index in [-0.39, 0.29) is 12.5 Å². The van der Waals surface area contributed by atoms with Crippen LogP contribution in [-0.4, -0.2) is 63.3 Å². The summed E-state index contributed by atoms with van der Waals surface area (Å²) in [6, 6.07) is 17.0. The van der Waals surface area contributed by atoms with E-state index in [1.165, 1.54) is 0 Å². The van der Waals surface area contributed by atoms with E-state index < -0.39 is 0 Å². The number of rotatable bonds is 7. The van der Waals surface area contributed by atoms with Crippen LogP contribution in [0.3, 0.4) is 0 Å². The van der Waals surface area contributed by atoms with Crippen molar-refractivity contribution in [3.8, 4) is 11.4 Å². The maximum atomic E-state index is 12.7. The molecule has 1 saturated heterocycles. The van der Waals surface area contributed by atoms with Crippen LogP contribution in [0.5, 0.6) is 5.75 Å². The van der Waals surface area contributed by atoms with Crippen molar-refractivity contribution in [2.75, 3.05) is 37.7 Å². The number of hydrogen-bond donors (Lipinski definition) is 0. The molecule has 2 aromatic heterocycles. The number of aromatic nitrogens is 4. The molecule has 35 heavy (non-hydrogen) atoms. The Hall–Kier alpha value is -3.65. The molecule has 8 nitrogen and oxygen atoms in total. The average Bonchev–Trinajstić information content (AvgIpc) is 3.32. The van der Waals surface area contributed by atoms with E-state index in [1.807, 2.05) is 46.1 Å². The lowest BCUT2D eigenvalue weighted by Crippen LogP contribution is -2.50. The van der Waals surface area contributed by atoms with Crippen molar-refractivity contribution in [3.05, 3.63) is 71.6 Å². The van der Waals surface area contributed by atoms with E-state index in [0.717, 1.165) is 41.2 Å². The van der Waals surface area contributed by atoms with Gasteiger partial charge in [-0.15, -0.1) is 0 Å². The minimum absolute atomic E-state index is 0.00385. The molecule has 0 bridgehead atoms. The van der Waals surface area contributed by atoms with Crippen LogP contribution in [0.4, 0.5) is 5.82 Å². The topological polar surface area (TPSA) is 76.4 Å². The van der Waals surface area contributed by atoms with Crippen LogP contribution in [-0.2, 0) is 11.2 Å². The van der Waals surface area contributed by atoms with Crippen molar-refractivity contribution in [2.24, 2.45) is 0 Å². The molecule has 180 valence electrons. The number of amides is 1. The lowest BCUT2D eigenvalue weighted by Gasteiger charge is -2.35. The molecule has 0 spiro atoms. The summed E-state index contributed by atoms with van der Waals surface area (Å²) in [4.78, 5) is 26.5. The van der Waals surface area contributed by atoms with E-state index >= 15 is 0 Å². The first-order valence-corrected chi connectivity index (χ1v) is 12.2. The summed E-state index contributed by atoms with van der Waals surface area (Å²) >= 11 is 5.91. The fourth-order valence-electron chi connectivity index (χ4n) is 4.21. The maximum Gasteiger partial charge on any atom is 0.260 e. The van der Waals surface area contributed by atoms with Gasteiger partial charge in [0.15, 0.2) is 12.3 Å². The Morgan fingerprint density at radius 1 is 1.00 bits per heavy atom. The summed E-state index contributed by atoms with van der Waals surface area (Å²) in [5, 5.41) is 6.17. The van der Waals surface area contributed by atoms with Crippen molar-refractivity contribution in [2.45, 2.75) is 19.8 Å². The molecule has 5 rings (SSSR count). The van der Waals surface area contributed by atoms with E-state index in [2.05, 4.69) is 16.9 Å². The van der Waals surface area contributed by atoms with Gasteiger partial charge in [0.05, 0.1) is 17.3 Å². The molecular formula is C26H27ClN6O2. The number of halogens is 1. The second-order valence-electron chi connectivity index (χ2n) is 8.45. The zero-order valence-corrected chi connectivity index (χ0v) is 20.4. The van der Waals surface area contributed by atoms with Crippen LogP contribution in [0, 0.1) is 0 Å². The minimum atomic E-state index is -0.0315. The number of piperazine rings is 1. The van der Waals surface area contributed by atoms with E-state index in [4.69, 9.17) is 26.3 Å². The molecule has 3 heterocycles. The predicted molar refractivity (Wildman–Crippen MR) is 136 cm³/mol. The molecule has 0 N–H and O–H groups in total. The molecule has 9 heteroatoms. The summed E-state index contributed by atoms with van der Waals surface area (Å²) < 4.78 is 7.51. The normalized spacial score (nSPS) is 13.9. The highest BCUT2D eigenvalue weighted by atomic mass is 35.5. The fraction of sp³-hybridized carbons (Fsp3) is 0.308. The van der Waals surface area contributed by atoms with E-state index in [0.29, 0.717) is 37.0 Å². The summed E-state index contributed by atoms with van der Waals surface area (Å²) in [7, 11) is 0. The van der Waals surface area contributed by atoms with Crippen molar-refractivity contribution in [1.29, 1.82) is 0 Å². The predicted octanol–water partition coefficient (Wildman–Crippen LogP) is 4.15. The van der Waals surface area contributed by atoms with E-state index in [9.17, 15) is 4.79 Å². The van der Waals surface area contributed by atoms with Crippen LogP contribution >= 0.6 is 11.6 Å². The van der Waals surface area contributed by atoms with Gasteiger partial charge in [0, 0.05) is 37.6 Å². The number of benzene rings is 2. The lowest BCUT2D eigenvalue weighted by molar-refractivity contribution is -0.133. The van der Waals surface area contributed by atoms with Crippen molar-refractivity contribution < 1.29 is 9.53 Å². The number of para-hydroxylation sites is 1. The molecule has 1 aliphatic rings. The van der Waals surface area contributed by atoms with Gasteiger partial charge in [0.2, 0.25) is 0 Å². The Bertz CT molecular complexity index is 1300. The van der Waals surface area contributed by atoms with Gasteiger partial charge in [0.1, 0.15) is 17.4 Å². The van der Waals surface area contributed by atoms with Gasteiger partial charge in [-0.05, 0) is 42.8 Å². The highest BCUT2D eigenvalue weighted by molar-refractivity contribution is 6.30. The van der Waals surface area contributed by atoms with Gasteiger partial charge in [-0.2, -0.15) is 5.10 Å². The summed E-state index contributed by atoms with van der Waals surface area (Å²) in [5.74, 6) is 2.28. The van der Waals surface area contributed by atoms with Crippen LogP contribution in [0.2, 0.25) is 5.02 Å². The smallest absolute Gasteiger partial charge is 0.260 e. The average molecular weight is 491 g/mol. The number of anilines is 1.